The van der Waals surface area contributed by atoms with Gasteiger partial charge in [0.1, 0.15) is 12.4 Å². The van der Waals surface area contributed by atoms with Crippen LogP contribution in [0, 0.1) is 0 Å². The largest absolute Gasteiger partial charge is 0.487 e. The van der Waals surface area contributed by atoms with Crippen molar-refractivity contribution in [3.05, 3.63) is 33.8 Å². The van der Waals surface area contributed by atoms with Gasteiger partial charge >= 0.3 is 5.97 Å². The van der Waals surface area contributed by atoms with Crippen molar-refractivity contribution >= 4 is 28.0 Å². The zero-order chi connectivity index (χ0) is 10.8. The summed E-state index contributed by atoms with van der Waals surface area (Å²) in [6, 6.07) is 5.68. The van der Waals surface area contributed by atoms with Crippen molar-refractivity contribution in [3.8, 4) is 5.75 Å². The van der Waals surface area contributed by atoms with Crippen molar-refractivity contribution in [3.63, 3.8) is 0 Å². The highest BCUT2D eigenvalue weighted by atomic mass is 79.9. The van der Waals surface area contributed by atoms with Crippen LogP contribution in [0.5, 0.6) is 5.75 Å². The van der Waals surface area contributed by atoms with Gasteiger partial charge in [-0.05, 0) is 28.1 Å². The number of hydrogen-bond donors (Lipinski definition) is 0. The minimum atomic E-state index is -0.347. The highest BCUT2D eigenvalue weighted by Gasteiger charge is 2.18. The van der Waals surface area contributed by atoms with Crippen LogP contribution >= 0.6 is 15.9 Å². The summed E-state index contributed by atoms with van der Waals surface area (Å²) in [6.07, 6.45) is 1.79. The van der Waals surface area contributed by atoms with Crippen LogP contribution in [0.15, 0.2) is 28.2 Å². The monoisotopic (exact) mass is 268 g/mol. The van der Waals surface area contributed by atoms with E-state index in [0.29, 0.717) is 5.57 Å². The topological polar surface area (TPSA) is 35.5 Å². The predicted molar refractivity (Wildman–Crippen MR) is 59.6 cm³/mol. The van der Waals surface area contributed by atoms with E-state index in [9.17, 15) is 4.79 Å². The summed E-state index contributed by atoms with van der Waals surface area (Å²) in [5.41, 5.74) is 1.42. The maximum atomic E-state index is 11.3. The Hall–Kier alpha value is -1.29. The molecule has 0 bridgehead atoms. The second-order valence-corrected chi connectivity index (χ2v) is 3.96. The minimum absolute atomic E-state index is 0.252. The molecule has 1 aromatic carbocycles. The molecule has 78 valence electrons. The van der Waals surface area contributed by atoms with E-state index in [2.05, 4.69) is 20.7 Å². The number of rotatable bonds is 1. The third-order valence-electron chi connectivity index (χ3n) is 2.15. The predicted octanol–water partition coefficient (Wildman–Crippen LogP) is 2.40. The maximum absolute atomic E-state index is 11.3. The lowest BCUT2D eigenvalue weighted by Gasteiger charge is -2.17. The number of carbonyl (C=O) groups is 1. The molecule has 1 aromatic rings. The molecule has 0 aromatic heterocycles. The van der Waals surface area contributed by atoms with Crippen LogP contribution in [-0.2, 0) is 9.53 Å². The Labute approximate surface area is 95.8 Å². The third-order valence-corrected chi connectivity index (χ3v) is 2.77. The van der Waals surface area contributed by atoms with Gasteiger partial charge in [0.15, 0.2) is 0 Å². The van der Waals surface area contributed by atoms with E-state index < -0.39 is 0 Å². The highest BCUT2D eigenvalue weighted by Crippen LogP contribution is 2.33. The molecule has 2 rings (SSSR count). The smallest absolute Gasteiger partial charge is 0.337 e. The van der Waals surface area contributed by atoms with Crippen LogP contribution in [0.3, 0.4) is 0 Å². The van der Waals surface area contributed by atoms with Crippen molar-refractivity contribution in [2.24, 2.45) is 0 Å². The molecule has 0 radical (unpaired) electrons. The molecular weight excluding hydrogens is 260 g/mol. The number of para-hydroxylation sites is 1. The van der Waals surface area contributed by atoms with Crippen LogP contribution in [0.4, 0.5) is 0 Å². The standard InChI is InChI=1S/C11H9BrO3/c1-14-11(13)8-5-7-3-2-4-9(12)10(7)15-6-8/h2-5H,6H2,1H3. The van der Waals surface area contributed by atoms with Crippen molar-refractivity contribution < 1.29 is 14.3 Å². The lowest BCUT2D eigenvalue weighted by Crippen LogP contribution is -2.16. The number of carbonyl (C=O) groups excluding carboxylic acids is 1. The van der Waals surface area contributed by atoms with Crippen LogP contribution in [0.25, 0.3) is 6.08 Å². The van der Waals surface area contributed by atoms with Gasteiger partial charge in [-0.3, -0.25) is 0 Å². The van der Waals surface area contributed by atoms with Crippen molar-refractivity contribution in [2.75, 3.05) is 13.7 Å². The molecule has 1 aliphatic heterocycles. The number of hydrogen-bond acceptors (Lipinski definition) is 3. The van der Waals surface area contributed by atoms with Gasteiger partial charge in [-0.25, -0.2) is 4.79 Å². The number of methoxy groups -OCH3 is 1. The van der Waals surface area contributed by atoms with Crippen LogP contribution in [0.1, 0.15) is 5.56 Å². The molecular formula is C11H9BrO3. The van der Waals surface area contributed by atoms with Crippen LogP contribution in [0.2, 0.25) is 0 Å². The van der Waals surface area contributed by atoms with Crippen molar-refractivity contribution in [1.29, 1.82) is 0 Å². The van der Waals surface area contributed by atoms with Crippen molar-refractivity contribution in [2.45, 2.75) is 0 Å². The minimum Gasteiger partial charge on any atom is -0.487 e. The van der Waals surface area contributed by atoms with E-state index in [4.69, 9.17) is 4.74 Å². The maximum Gasteiger partial charge on any atom is 0.337 e. The molecule has 0 amide bonds. The van der Waals surface area contributed by atoms with E-state index >= 15 is 0 Å². The summed E-state index contributed by atoms with van der Waals surface area (Å²) in [7, 11) is 1.36. The van der Waals surface area contributed by atoms with Gasteiger partial charge < -0.3 is 9.47 Å². The molecule has 3 nitrogen and oxygen atoms in total. The molecule has 1 aliphatic rings. The third kappa shape index (κ3) is 1.90. The van der Waals surface area contributed by atoms with E-state index in [0.717, 1.165) is 15.8 Å². The van der Waals surface area contributed by atoms with Gasteiger partial charge in [-0.2, -0.15) is 0 Å². The van der Waals surface area contributed by atoms with Gasteiger partial charge in [0, 0.05) is 5.56 Å². The Morgan fingerprint density at radius 3 is 3.07 bits per heavy atom. The highest BCUT2D eigenvalue weighted by molar-refractivity contribution is 9.10. The van der Waals surface area contributed by atoms with Gasteiger partial charge in [0.2, 0.25) is 0 Å². The first-order valence-electron chi connectivity index (χ1n) is 4.42. The number of halogens is 1. The first-order valence-corrected chi connectivity index (χ1v) is 5.22. The Morgan fingerprint density at radius 2 is 2.33 bits per heavy atom. The fourth-order valence-electron chi connectivity index (χ4n) is 1.42. The van der Waals surface area contributed by atoms with E-state index in [1.165, 1.54) is 7.11 Å². The number of ether oxygens (including phenoxy) is 2. The first kappa shape index (κ1) is 10.2. The van der Waals surface area contributed by atoms with E-state index in [1.54, 1.807) is 6.08 Å². The summed E-state index contributed by atoms with van der Waals surface area (Å²) >= 11 is 3.39. The lowest BCUT2D eigenvalue weighted by molar-refractivity contribution is -0.136. The Balaban J connectivity index is 2.42. The molecule has 4 heteroatoms. The normalized spacial score (nSPS) is 13.6. The zero-order valence-electron chi connectivity index (χ0n) is 8.12. The SMILES string of the molecule is COC(=O)C1=Cc2cccc(Br)c2OC1. The van der Waals surface area contributed by atoms with Gasteiger partial charge in [0.05, 0.1) is 17.2 Å². The molecule has 0 N–H and O–H groups in total. The second-order valence-electron chi connectivity index (χ2n) is 3.11. The summed E-state index contributed by atoms with van der Waals surface area (Å²) in [4.78, 5) is 11.3. The molecule has 0 atom stereocenters. The molecule has 0 unspecified atom stereocenters. The van der Waals surface area contributed by atoms with Gasteiger partial charge in [-0.1, -0.05) is 12.1 Å². The zero-order valence-corrected chi connectivity index (χ0v) is 9.71. The Morgan fingerprint density at radius 1 is 1.53 bits per heavy atom. The lowest BCUT2D eigenvalue weighted by atomic mass is 10.1. The fourth-order valence-corrected chi connectivity index (χ4v) is 1.92. The summed E-state index contributed by atoms with van der Waals surface area (Å²) in [6.45, 7) is 0.252. The molecule has 0 saturated carbocycles. The molecule has 0 saturated heterocycles. The Kier molecular flexibility index (Phi) is 2.77. The molecule has 0 spiro atoms. The first-order chi connectivity index (χ1) is 7.22. The average molecular weight is 269 g/mol. The van der Waals surface area contributed by atoms with E-state index in [-0.39, 0.29) is 12.6 Å². The molecule has 15 heavy (non-hydrogen) atoms. The molecule has 1 heterocycles. The number of benzene rings is 1. The van der Waals surface area contributed by atoms with Gasteiger partial charge in [0.25, 0.3) is 0 Å². The molecule has 0 fully saturated rings. The van der Waals surface area contributed by atoms with Gasteiger partial charge in [-0.15, -0.1) is 0 Å². The summed E-state index contributed by atoms with van der Waals surface area (Å²) in [5.74, 6) is 0.422. The average Bonchev–Trinajstić information content (AvgIpc) is 2.28. The summed E-state index contributed by atoms with van der Waals surface area (Å²) in [5, 5.41) is 0. The Bertz CT molecular complexity index is 437. The molecule has 0 aliphatic carbocycles. The van der Waals surface area contributed by atoms with Crippen LogP contribution < -0.4 is 4.74 Å². The number of fused-ring (bicyclic) bond motifs is 1. The second kappa shape index (κ2) is 4.06. The van der Waals surface area contributed by atoms with Crippen LogP contribution in [-0.4, -0.2) is 19.7 Å². The number of esters is 1. The summed E-state index contributed by atoms with van der Waals surface area (Å²) < 4.78 is 11.0. The van der Waals surface area contributed by atoms with Crippen molar-refractivity contribution in [1.82, 2.24) is 0 Å². The fraction of sp³-hybridized carbons (Fsp3) is 0.182. The quantitative estimate of drug-likeness (QED) is 0.734. The van der Waals surface area contributed by atoms with E-state index in [1.807, 2.05) is 18.2 Å².